The summed E-state index contributed by atoms with van der Waals surface area (Å²) in [6.07, 6.45) is 26.3. The van der Waals surface area contributed by atoms with Crippen LogP contribution in [0.1, 0.15) is 90.9 Å². The first kappa shape index (κ1) is 22.7. The Morgan fingerprint density at radius 1 is 0.750 bits per heavy atom. The lowest BCUT2D eigenvalue weighted by molar-refractivity contribution is -0.143. The molecule has 0 aliphatic carbocycles. The van der Waals surface area contributed by atoms with E-state index in [9.17, 15) is 4.79 Å². The molecule has 0 N–H and O–H groups in total. The van der Waals surface area contributed by atoms with Gasteiger partial charge in [0, 0.05) is 6.42 Å². The van der Waals surface area contributed by atoms with Gasteiger partial charge in [-0.05, 0) is 44.9 Å². The van der Waals surface area contributed by atoms with Crippen molar-refractivity contribution in [2.75, 3.05) is 6.61 Å². The summed E-state index contributed by atoms with van der Waals surface area (Å²) in [5.74, 6) is -0.0235. The second-order valence-corrected chi connectivity index (χ2v) is 6.17. The van der Waals surface area contributed by atoms with E-state index in [4.69, 9.17) is 4.74 Å². The summed E-state index contributed by atoms with van der Waals surface area (Å²) >= 11 is 0. The molecule has 2 nitrogen and oxygen atoms in total. The Morgan fingerprint density at radius 2 is 1.38 bits per heavy atom. The molecule has 0 rings (SSSR count). The number of unbranched alkanes of at least 4 members (excludes halogenated alkanes) is 6. The molecule has 0 amide bonds. The van der Waals surface area contributed by atoms with Gasteiger partial charge >= 0.3 is 5.97 Å². The van der Waals surface area contributed by atoms with Gasteiger partial charge in [0.05, 0.1) is 6.61 Å². The van der Waals surface area contributed by atoms with E-state index in [0.717, 1.165) is 44.9 Å². The Morgan fingerprint density at radius 3 is 2.08 bits per heavy atom. The van der Waals surface area contributed by atoms with Gasteiger partial charge in [-0.2, -0.15) is 0 Å². The van der Waals surface area contributed by atoms with Crippen molar-refractivity contribution in [2.45, 2.75) is 90.9 Å². The zero-order valence-electron chi connectivity index (χ0n) is 16.0. The molecule has 0 aromatic heterocycles. The minimum Gasteiger partial charge on any atom is -0.466 e. The Labute approximate surface area is 150 Å². The van der Waals surface area contributed by atoms with E-state index in [1.807, 2.05) is 0 Å². The third-order valence-corrected chi connectivity index (χ3v) is 3.79. The van der Waals surface area contributed by atoms with Crippen molar-refractivity contribution in [3.63, 3.8) is 0 Å². The van der Waals surface area contributed by atoms with Crippen LogP contribution in [0.2, 0.25) is 0 Å². The molecule has 2 heteroatoms. The molecule has 0 aliphatic heterocycles. The van der Waals surface area contributed by atoms with E-state index < -0.39 is 0 Å². The molecular formula is C22H38O2. The Hall–Kier alpha value is -1.31. The molecule has 0 aliphatic rings. The molecule has 0 aromatic rings. The highest BCUT2D eigenvalue weighted by Gasteiger charge is 2.01. The van der Waals surface area contributed by atoms with Gasteiger partial charge in [-0.15, -0.1) is 0 Å². The summed E-state index contributed by atoms with van der Waals surface area (Å²) in [6.45, 7) is 4.85. The summed E-state index contributed by atoms with van der Waals surface area (Å²) in [5, 5.41) is 0. The lowest BCUT2D eigenvalue weighted by Crippen LogP contribution is -2.05. The smallest absolute Gasteiger partial charge is 0.305 e. The van der Waals surface area contributed by atoms with Gasteiger partial charge in [-0.1, -0.05) is 76.0 Å². The lowest BCUT2D eigenvalue weighted by Gasteiger charge is -2.03. The van der Waals surface area contributed by atoms with E-state index in [0.29, 0.717) is 13.0 Å². The zero-order chi connectivity index (χ0) is 17.7. The number of carbonyl (C=O) groups excluding carboxylic acids is 1. The number of hydrogen-bond donors (Lipinski definition) is 0. The Balaban J connectivity index is 3.28. The molecule has 0 unspecified atom stereocenters. The maximum Gasteiger partial charge on any atom is 0.305 e. The van der Waals surface area contributed by atoms with Crippen molar-refractivity contribution >= 4 is 5.97 Å². The summed E-state index contributed by atoms with van der Waals surface area (Å²) in [6, 6.07) is 0. The van der Waals surface area contributed by atoms with Gasteiger partial charge in [0.1, 0.15) is 0 Å². The van der Waals surface area contributed by atoms with E-state index in [-0.39, 0.29) is 5.97 Å². The monoisotopic (exact) mass is 334 g/mol. The molecule has 0 saturated carbocycles. The molecule has 138 valence electrons. The zero-order valence-corrected chi connectivity index (χ0v) is 16.0. The number of hydrogen-bond acceptors (Lipinski definition) is 2. The second-order valence-electron chi connectivity index (χ2n) is 6.17. The predicted octanol–water partition coefficient (Wildman–Crippen LogP) is 6.92. The first-order valence-corrected chi connectivity index (χ1v) is 9.91. The van der Waals surface area contributed by atoms with Gasteiger partial charge in [-0.3, -0.25) is 4.79 Å². The average molecular weight is 335 g/mol. The highest BCUT2D eigenvalue weighted by Crippen LogP contribution is 2.08. The predicted molar refractivity (Wildman–Crippen MR) is 105 cm³/mol. The maximum atomic E-state index is 11.4. The Bertz CT molecular complexity index is 353. The molecule has 0 radical (unpaired) electrons. The maximum absolute atomic E-state index is 11.4. The third kappa shape index (κ3) is 18.7. The first-order chi connectivity index (χ1) is 11.8. The number of ether oxygens (including phenoxy) is 1. The van der Waals surface area contributed by atoms with Gasteiger partial charge in [0.15, 0.2) is 0 Å². The Kier molecular flexibility index (Phi) is 18.7. The van der Waals surface area contributed by atoms with Crippen molar-refractivity contribution in [3.05, 3.63) is 36.5 Å². The molecule has 0 aromatic carbocycles. The van der Waals surface area contributed by atoms with Crippen LogP contribution in [0, 0.1) is 0 Å². The topological polar surface area (TPSA) is 26.3 Å². The minimum atomic E-state index is -0.0235. The van der Waals surface area contributed by atoms with Crippen molar-refractivity contribution in [1.29, 1.82) is 0 Å². The van der Waals surface area contributed by atoms with Gasteiger partial charge in [-0.25, -0.2) is 0 Å². The largest absolute Gasteiger partial charge is 0.466 e. The highest BCUT2D eigenvalue weighted by molar-refractivity contribution is 5.69. The summed E-state index contributed by atoms with van der Waals surface area (Å²) in [4.78, 5) is 11.4. The molecule has 24 heavy (non-hydrogen) atoms. The lowest BCUT2D eigenvalue weighted by atomic mass is 10.1. The standard InChI is InChI=1S/C22H38O2/c1-3-5-7-8-9-10-11-12-13-14-15-16-17-18-19-20-22(23)24-21-6-4-2/h5,7,9-10,12-13H,3-4,6,8,11,14-21H2,1-2H3/b7-5+,10-9+,13-12+. The summed E-state index contributed by atoms with van der Waals surface area (Å²) in [7, 11) is 0. The first-order valence-electron chi connectivity index (χ1n) is 9.91. The van der Waals surface area contributed by atoms with E-state index in [1.54, 1.807) is 0 Å². The molecule has 0 bridgehead atoms. The van der Waals surface area contributed by atoms with E-state index in [1.165, 1.54) is 25.7 Å². The van der Waals surface area contributed by atoms with Crippen LogP contribution in [0.3, 0.4) is 0 Å². The summed E-state index contributed by atoms with van der Waals surface area (Å²) in [5.41, 5.74) is 0. The molecular weight excluding hydrogens is 296 g/mol. The quantitative estimate of drug-likeness (QED) is 0.174. The average Bonchev–Trinajstić information content (AvgIpc) is 2.58. The van der Waals surface area contributed by atoms with Crippen LogP contribution in [0.25, 0.3) is 0 Å². The van der Waals surface area contributed by atoms with Crippen LogP contribution in [-0.2, 0) is 9.53 Å². The number of carbonyl (C=O) groups is 1. The molecule has 0 saturated heterocycles. The normalized spacial score (nSPS) is 11.9. The van der Waals surface area contributed by atoms with Crippen molar-refractivity contribution in [2.24, 2.45) is 0 Å². The van der Waals surface area contributed by atoms with Crippen LogP contribution in [0.5, 0.6) is 0 Å². The third-order valence-electron chi connectivity index (χ3n) is 3.79. The van der Waals surface area contributed by atoms with E-state index >= 15 is 0 Å². The molecule has 0 spiro atoms. The van der Waals surface area contributed by atoms with Crippen LogP contribution < -0.4 is 0 Å². The van der Waals surface area contributed by atoms with Crippen molar-refractivity contribution in [3.8, 4) is 0 Å². The van der Waals surface area contributed by atoms with Gasteiger partial charge in [0.25, 0.3) is 0 Å². The number of esters is 1. The van der Waals surface area contributed by atoms with Gasteiger partial charge in [0.2, 0.25) is 0 Å². The fraction of sp³-hybridized carbons (Fsp3) is 0.682. The van der Waals surface area contributed by atoms with Crippen molar-refractivity contribution < 1.29 is 9.53 Å². The van der Waals surface area contributed by atoms with Gasteiger partial charge < -0.3 is 4.74 Å². The van der Waals surface area contributed by atoms with Crippen LogP contribution >= 0.6 is 0 Å². The van der Waals surface area contributed by atoms with Crippen molar-refractivity contribution in [1.82, 2.24) is 0 Å². The highest BCUT2D eigenvalue weighted by atomic mass is 16.5. The second kappa shape index (κ2) is 19.7. The molecule has 0 atom stereocenters. The SMILES string of the molecule is CC/C=C/C/C=C/C/C=C/CCCCCCCC(=O)OCCCC. The fourth-order valence-corrected chi connectivity index (χ4v) is 2.29. The molecule has 0 heterocycles. The molecule has 0 fully saturated rings. The number of allylic oxidation sites excluding steroid dienone is 6. The van der Waals surface area contributed by atoms with Crippen LogP contribution in [0.15, 0.2) is 36.5 Å². The minimum absolute atomic E-state index is 0.0235. The fourth-order valence-electron chi connectivity index (χ4n) is 2.29. The van der Waals surface area contributed by atoms with E-state index in [2.05, 4.69) is 50.3 Å². The van der Waals surface area contributed by atoms with Crippen LogP contribution in [-0.4, -0.2) is 12.6 Å². The van der Waals surface area contributed by atoms with Crippen LogP contribution in [0.4, 0.5) is 0 Å². The summed E-state index contributed by atoms with van der Waals surface area (Å²) < 4.78 is 5.14. The number of rotatable bonds is 16.